The Kier molecular flexibility index (Phi) is 5.64. The van der Waals surface area contributed by atoms with Gasteiger partial charge in [-0.1, -0.05) is 26.0 Å². The molecule has 3 rings (SSSR count). The number of hydrogen-bond acceptors (Lipinski definition) is 3. The average molecular weight is 345 g/mol. The Balaban J connectivity index is 1.55. The van der Waals surface area contributed by atoms with E-state index in [0.29, 0.717) is 6.04 Å². The van der Waals surface area contributed by atoms with Crippen molar-refractivity contribution in [1.82, 2.24) is 10.6 Å². The monoisotopic (exact) mass is 345 g/mol. The van der Waals surface area contributed by atoms with Gasteiger partial charge in [-0.2, -0.15) is 0 Å². The van der Waals surface area contributed by atoms with Crippen molar-refractivity contribution < 1.29 is 9.53 Å². The van der Waals surface area contributed by atoms with E-state index in [1.807, 2.05) is 12.1 Å². The summed E-state index contributed by atoms with van der Waals surface area (Å²) < 4.78 is 5.50. The quantitative estimate of drug-likeness (QED) is 0.831. The van der Waals surface area contributed by atoms with Crippen LogP contribution in [0.4, 0.5) is 10.5 Å². The van der Waals surface area contributed by atoms with E-state index in [4.69, 9.17) is 4.74 Å². The Hall–Kier alpha value is -1.59. The second kappa shape index (κ2) is 7.75. The summed E-state index contributed by atoms with van der Waals surface area (Å²) in [5, 5.41) is 6.54. The van der Waals surface area contributed by atoms with Crippen LogP contribution in [0.25, 0.3) is 0 Å². The van der Waals surface area contributed by atoms with Gasteiger partial charge in [-0.15, -0.1) is 0 Å². The first-order chi connectivity index (χ1) is 12.0. The Bertz CT molecular complexity index is 579. The van der Waals surface area contributed by atoms with Crippen molar-refractivity contribution in [3.63, 3.8) is 0 Å². The Morgan fingerprint density at radius 1 is 1.28 bits per heavy atom. The Labute approximate surface area is 151 Å². The molecule has 2 saturated heterocycles. The number of anilines is 1. The highest BCUT2D eigenvalue weighted by molar-refractivity contribution is 5.93. The lowest BCUT2D eigenvalue weighted by molar-refractivity contribution is 0.0221. The molecule has 25 heavy (non-hydrogen) atoms. The highest BCUT2D eigenvalue weighted by Gasteiger charge is 2.31. The van der Waals surface area contributed by atoms with Crippen molar-refractivity contribution in [2.75, 3.05) is 37.7 Å². The van der Waals surface area contributed by atoms with Gasteiger partial charge in [0.1, 0.15) is 0 Å². The summed E-state index contributed by atoms with van der Waals surface area (Å²) in [5.41, 5.74) is 2.49. The van der Waals surface area contributed by atoms with Crippen LogP contribution in [-0.4, -0.2) is 38.9 Å². The molecule has 0 saturated carbocycles. The highest BCUT2D eigenvalue weighted by Crippen LogP contribution is 2.34. The summed E-state index contributed by atoms with van der Waals surface area (Å²) in [5.74, 6) is 0.719. The van der Waals surface area contributed by atoms with Crippen molar-refractivity contribution in [3.8, 4) is 0 Å². The Morgan fingerprint density at radius 3 is 2.56 bits per heavy atom. The van der Waals surface area contributed by atoms with Crippen molar-refractivity contribution >= 4 is 11.7 Å². The molecule has 138 valence electrons. The van der Waals surface area contributed by atoms with Crippen molar-refractivity contribution in [2.45, 2.75) is 39.7 Å². The van der Waals surface area contributed by atoms with Crippen LogP contribution in [-0.2, 0) is 4.74 Å². The molecule has 2 amide bonds. The van der Waals surface area contributed by atoms with Crippen LogP contribution in [0.1, 0.15) is 45.2 Å². The molecule has 0 aliphatic carbocycles. The summed E-state index contributed by atoms with van der Waals surface area (Å²) in [7, 11) is 0. The summed E-state index contributed by atoms with van der Waals surface area (Å²) in [6.07, 6.45) is 2.32. The number of nitrogens with one attached hydrogen (secondary N) is 2. The van der Waals surface area contributed by atoms with Gasteiger partial charge in [-0.25, -0.2) is 4.79 Å². The molecule has 2 aliphatic rings. The number of hydrogen-bond donors (Lipinski definition) is 2. The zero-order valence-corrected chi connectivity index (χ0v) is 15.7. The minimum Gasteiger partial charge on any atom is -0.381 e. The number of carbonyl (C=O) groups is 1. The van der Waals surface area contributed by atoms with E-state index < -0.39 is 0 Å². The van der Waals surface area contributed by atoms with Gasteiger partial charge in [0.05, 0.1) is 0 Å². The highest BCUT2D eigenvalue weighted by atomic mass is 16.5. The number of nitrogens with zero attached hydrogens (tertiary/aromatic N) is 1. The first kappa shape index (κ1) is 18.2. The summed E-state index contributed by atoms with van der Waals surface area (Å²) in [6, 6.07) is 8.63. The standard InChI is InChI=1S/C20H31N3O2/c1-15(22-14-20(2,3)17-8-12-25-13-9-17)16-4-6-18(7-5-16)23-11-10-21-19(23)24/h4-7,15,17,22H,8-14H2,1-3H3,(H,21,24). The zero-order valence-electron chi connectivity index (χ0n) is 15.7. The molecule has 2 heterocycles. The van der Waals surface area contributed by atoms with E-state index >= 15 is 0 Å². The van der Waals surface area contributed by atoms with E-state index in [1.54, 1.807) is 4.90 Å². The van der Waals surface area contributed by atoms with Crippen molar-refractivity contribution in [3.05, 3.63) is 29.8 Å². The van der Waals surface area contributed by atoms with Crippen LogP contribution < -0.4 is 15.5 Å². The third kappa shape index (κ3) is 4.33. The topological polar surface area (TPSA) is 53.6 Å². The third-order valence-corrected chi connectivity index (χ3v) is 5.75. The maximum Gasteiger partial charge on any atom is 0.321 e. The van der Waals surface area contributed by atoms with E-state index in [1.165, 1.54) is 5.56 Å². The first-order valence-corrected chi connectivity index (χ1v) is 9.44. The normalized spacial score (nSPS) is 20.6. The van der Waals surface area contributed by atoms with Crippen LogP contribution in [0, 0.1) is 11.3 Å². The number of rotatable bonds is 6. The lowest BCUT2D eigenvalue weighted by atomic mass is 9.74. The van der Waals surface area contributed by atoms with E-state index in [-0.39, 0.29) is 11.4 Å². The fourth-order valence-electron chi connectivity index (χ4n) is 3.82. The van der Waals surface area contributed by atoms with Gasteiger partial charge < -0.3 is 15.4 Å². The van der Waals surface area contributed by atoms with Gasteiger partial charge in [0.25, 0.3) is 0 Å². The van der Waals surface area contributed by atoms with Crippen LogP contribution in [0.15, 0.2) is 24.3 Å². The molecule has 2 N–H and O–H groups in total. The molecule has 1 atom stereocenters. The predicted molar refractivity (Wildman–Crippen MR) is 101 cm³/mol. The molecule has 0 bridgehead atoms. The SMILES string of the molecule is CC(NCC(C)(C)C1CCOCC1)c1ccc(N2CCNC2=O)cc1. The number of amides is 2. The average Bonchev–Trinajstić information content (AvgIpc) is 3.06. The fourth-order valence-corrected chi connectivity index (χ4v) is 3.82. The number of urea groups is 1. The minimum atomic E-state index is -0.00265. The molecule has 0 radical (unpaired) electrons. The number of ether oxygens (including phenoxy) is 1. The molecule has 2 aliphatic heterocycles. The number of carbonyl (C=O) groups excluding carboxylic acids is 1. The van der Waals surface area contributed by atoms with Crippen molar-refractivity contribution in [2.24, 2.45) is 11.3 Å². The van der Waals surface area contributed by atoms with Crippen LogP contribution in [0.2, 0.25) is 0 Å². The molecule has 1 aromatic carbocycles. The molecule has 0 spiro atoms. The largest absolute Gasteiger partial charge is 0.381 e. The summed E-state index contributed by atoms with van der Waals surface area (Å²) in [6.45, 7) is 11.2. The van der Waals surface area contributed by atoms with E-state index in [0.717, 1.165) is 57.3 Å². The molecular weight excluding hydrogens is 314 g/mol. The van der Waals surface area contributed by atoms with Gasteiger partial charge >= 0.3 is 6.03 Å². The molecule has 1 aromatic rings. The maximum atomic E-state index is 11.8. The second-order valence-corrected chi connectivity index (χ2v) is 7.95. The van der Waals surface area contributed by atoms with Gasteiger partial charge in [0, 0.05) is 44.6 Å². The molecule has 5 heteroatoms. The summed E-state index contributed by atoms with van der Waals surface area (Å²) in [4.78, 5) is 13.5. The first-order valence-electron chi connectivity index (χ1n) is 9.44. The number of benzene rings is 1. The fraction of sp³-hybridized carbons (Fsp3) is 0.650. The molecule has 0 aromatic heterocycles. The smallest absolute Gasteiger partial charge is 0.321 e. The van der Waals surface area contributed by atoms with Gasteiger partial charge in [-0.3, -0.25) is 4.90 Å². The third-order valence-electron chi connectivity index (χ3n) is 5.75. The maximum absolute atomic E-state index is 11.8. The van der Waals surface area contributed by atoms with Gasteiger partial charge in [0.15, 0.2) is 0 Å². The molecule has 1 unspecified atom stereocenters. The summed E-state index contributed by atoms with van der Waals surface area (Å²) >= 11 is 0. The molecule has 2 fully saturated rings. The van der Waals surface area contributed by atoms with E-state index in [9.17, 15) is 4.79 Å². The minimum absolute atomic E-state index is 0.00265. The second-order valence-electron chi connectivity index (χ2n) is 7.95. The van der Waals surface area contributed by atoms with Crippen molar-refractivity contribution in [1.29, 1.82) is 0 Å². The van der Waals surface area contributed by atoms with Gasteiger partial charge in [0.2, 0.25) is 0 Å². The molecular formula is C20H31N3O2. The lowest BCUT2D eigenvalue weighted by Gasteiger charge is -2.38. The van der Waals surface area contributed by atoms with Crippen LogP contribution in [0.5, 0.6) is 0 Å². The van der Waals surface area contributed by atoms with E-state index in [2.05, 4.69) is 43.5 Å². The van der Waals surface area contributed by atoms with Gasteiger partial charge in [-0.05, 0) is 48.8 Å². The Morgan fingerprint density at radius 2 is 1.96 bits per heavy atom. The predicted octanol–water partition coefficient (Wildman–Crippen LogP) is 3.32. The van der Waals surface area contributed by atoms with Crippen LogP contribution in [0.3, 0.4) is 0 Å². The lowest BCUT2D eigenvalue weighted by Crippen LogP contribution is -2.39. The molecule has 5 nitrogen and oxygen atoms in total. The zero-order chi connectivity index (χ0) is 17.9. The van der Waals surface area contributed by atoms with Crippen LogP contribution >= 0.6 is 0 Å².